The van der Waals surface area contributed by atoms with Crippen LogP contribution in [-0.4, -0.2) is 37.3 Å². The van der Waals surface area contributed by atoms with E-state index < -0.39 is 0 Å². The number of nitrogens with one attached hydrogen (secondary N) is 1. The van der Waals surface area contributed by atoms with Crippen molar-refractivity contribution in [2.45, 2.75) is 33.4 Å². The lowest BCUT2D eigenvalue weighted by atomic mass is 10.2. The van der Waals surface area contributed by atoms with Crippen molar-refractivity contribution < 1.29 is 9.15 Å². The van der Waals surface area contributed by atoms with Crippen molar-refractivity contribution >= 4 is 6.01 Å². The van der Waals surface area contributed by atoms with Crippen molar-refractivity contribution in [2.75, 3.05) is 31.2 Å². The van der Waals surface area contributed by atoms with Gasteiger partial charge >= 0.3 is 0 Å². The number of hydrogen-bond donors (Lipinski definition) is 1. The van der Waals surface area contributed by atoms with Crippen LogP contribution in [0.4, 0.5) is 6.01 Å². The molecule has 1 unspecified atom stereocenters. The van der Waals surface area contributed by atoms with Crippen LogP contribution in [0.5, 0.6) is 0 Å². The molecule has 18 heavy (non-hydrogen) atoms. The highest BCUT2D eigenvalue weighted by Gasteiger charge is 2.22. The van der Waals surface area contributed by atoms with E-state index in [0.29, 0.717) is 18.0 Å². The van der Waals surface area contributed by atoms with Crippen LogP contribution in [0, 0.1) is 5.92 Å². The first kappa shape index (κ1) is 13.4. The second kappa shape index (κ2) is 6.20. The molecule has 1 aromatic rings. The highest BCUT2D eigenvalue weighted by atomic mass is 16.5. The monoisotopic (exact) mass is 253 g/mol. The van der Waals surface area contributed by atoms with Crippen molar-refractivity contribution in [3.05, 3.63) is 12.0 Å². The number of morpholine rings is 1. The van der Waals surface area contributed by atoms with Gasteiger partial charge in [-0.3, -0.25) is 0 Å². The molecule has 1 saturated heterocycles. The molecule has 5 nitrogen and oxygen atoms in total. The zero-order valence-electron chi connectivity index (χ0n) is 11.5. The largest absolute Gasteiger partial charge is 0.432 e. The zero-order valence-corrected chi connectivity index (χ0v) is 11.5. The molecule has 1 aliphatic rings. The first-order valence-corrected chi connectivity index (χ1v) is 6.66. The van der Waals surface area contributed by atoms with Crippen LogP contribution >= 0.6 is 0 Å². The van der Waals surface area contributed by atoms with Gasteiger partial charge in [-0.25, -0.2) is 0 Å². The van der Waals surface area contributed by atoms with Gasteiger partial charge in [0.15, 0.2) is 0 Å². The van der Waals surface area contributed by atoms with Crippen LogP contribution in [0.1, 0.15) is 26.5 Å². The average molecular weight is 253 g/mol. The second-order valence-corrected chi connectivity index (χ2v) is 5.26. The van der Waals surface area contributed by atoms with Crippen LogP contribution in [-0.2, 0) is 11.3 Å². The molecule has 2 rings (SSSR count). The molecule has 0 spiro atoms. The van der Waals surface area contributed by atoms with Crippen LogP contribution < -0.4 is 10.2 Å². The lowest BCUT2D eigenvalue weighted by Crippen LogP contribution is -2.43. The van der Waals surface area contributed by atoms with E-state index in [1.54, 1.807) is 6.26 Å². The summed E-state index contributed by atoms with van der Waals surface area (Å²) in [5.74, 6) is 0.649. The number of oxazole rings is 1. The maximum absolute atomic E-state index is 5.55. The second-order valence-electron chi connectivity index (χ2n) is 5.26. The normalized spacial score (nSPS) is 20.7. The molecule has 5 heteroatoms. The fourth-order valence-electron chi connectivity index (χ4n) is 2.01. The highest BCUT2D eigenvalue weighted by Crippen LogP contribution is 2.18. The molecule has 1 atom stereocenters. The maximum Gasteiger partial charge on any atom is 0.297 e. The van der Waals surface area contributed by atoms with E-state index in [1.807, 2.05) is 0 Å². The lowest BCUT2D eigenvalue weighted by molar-refractivity contribution is 0.0961. The Morgan fingerprint density at radius 3 is 3.11 bits per heavy atom. The van der Waals surface area contributed by atoms with Crippen LogP contribution in [0.25, 0.3) is 0 Å². The smallest absolute Gasteiger partial charge is 0.297 e. The summed E-state index contributed by atoms with van der Waals surface area (Å²) >= 11 is 0. The van der Waals surface area contributed by atoms with E-state index in [-0.39, 0.29) is 0 Å². The summed E-state index contributed by atoms with van der Waals surface area (Å²) in [7, 11) is 0. The van der Waals surface area contributed by atoms with Crippen molar-refractivity contribution in [3.8, 4) is 0 Å². The Morgan fingerprint density at radius 1 is 1.56 bits per heavy atom. The molecule has 1 aliphatic heterocycles. The van der Waals surface area contributed by atoms with Gasteiger partial charge in [0.05, 0.1) is 24.9 Å². The topological polar surface area (TPSA) is 50.5 Å². The Bertz CT molecular complexity index is 365. The molecule has 1 fully saturated rings. The average Bonchev–Trinajstić information content (AvgIpc) is 2.78. The third-order valence-corrected chi connectivity index (χ3v) is 3.01. The molecule has 0 bridgehead atoms. The standard InChI is InChI=1S/C13H23N3O2/c1-10(2)6-14-7-12-9-18-13(15-12)16-4-5-17-8-11(16)3/h9-11,14H,4-8H2,1-3H3. The van der Waals surface area contributed by atoms with Gasteiger partial charge in [0.2, 0.25) is 0 Å². The maximum atomic E-state index is 5.55. The Kier molecular flexibility index (Phi) is 4.60. The van der Waals surface area contributed by atoms with Gasteiger partial charge in [0.1, 0.15) is 6.26 Å². The fourth-order valence-corrected chi connectivity index (χ4v) is 2.01. The SMILES string of the molecule is CC(C)CNCc1coc(N2CCOCC2C)n1. The molecule has 0 aliphatic carbocycles. The van der Waals surface area contributed by atoms with Crippen molar-refractivity contribution in [3.63, 3.8) is 0 Å². The van der Waals surface area contributed by atoms with Crippen LogP contribution in [0.15, 0.2) is 10.7 Å². The van der Waals surface area contributed by atoms with Gasteiger partial charge in [-0.05, 0) is 19.4 Å². The molecule has 102 valence electrons. The molecule has 2 heterocycles. The summed E-state index contributed by atoms with van der Waals surface area (Å²) in [5, 5.41) is 3.36. The van der Waals surface area contributed by atoms with E-state index in [1.165, 1.54) is 0 Å². The quantitative estimate of drug-likeness (QED) is 0.864. The minimum Gasteiger partial charge on any atom is -0.432 e. The molecule has 0 aromatic carbocycles. The number of ether oxygens (including phenoxy) is 1. The van der Waals surface area contributed by atoms with E-state index in [0.717, 1.165) is 38.5 Å². The summed E-state index contributed by atoms with van der Waals surface area (Å²) in [5.41, 5.74) is 0.962. The highest BCUT2D eigenvalue weighted by molar-refractivity contribution is 5.29. The first-order chi connectivity index (χ1) is 8.66. The first-order valence-electron chi connectivity index (χ1n) is 6.66. The minimum absolute atomic E-state index is 0.328. The Labute approximate surface area is 109 Å². The number of anilines is 1. The van der Waals surface area contributed by atoms with Gasteiger partial charge in [-0.2, -0.15) is 4.98 Å². The summed E-state index contributed by atoms with van der Waals surface area (Å²) in [4.78, 5) is 6.68. The molecule has 0 amide bonds. The van der Waals surface area contributed by atoms with E-state index in [9.17, 15) is 0 Å². The van der Waals surface area contributed by atoms with Gasteiger partial charge < -0.3 is 19.4 Å². The minimum atomic E-state index is 0.328. The predicted molar refractivity (Wildman–Crippen MR) is 70.7 cm³/mol. The number of hydrogen-bond acceptors (Lipinski definition) is 5. The Balaban J connectivity index is 1.88. The third-order valence-electron chi connectivity index (χ3n) is 3.01. The summed E-state index contributed by atoms with van der Waals surface area (Å²) < 4.78 is 11.0. The molecular weight excluding hydrogens is 230 g/mol. The molecule has 0 radical (unpaired) electrons. The summed E-state index contributed by atoms with van der Waals surface area (Å²) in [6.07, 6.45) is 1.74. The van der Waals surface area contributed by atoms with E-state index in [4.69, 9.17) is 9.15 Å². The fraction of sp³-hybridized carbons (Fsp3) is 0.769. The number of rotatable bonds is 5. The molecule has 1 N–H and O–H groups in total. The molecular formula is C13H23N3O2. The summed E-state index contributed by atoms with van der Waals surface area (Å²) in [6, 6.07) is 1.04. The van der Waals surface area contributed by atoms with E-state index in [2.05, 4.69) is 36.0 Å². The van der Waals surface area contributed by atoms with E-state index >= 15 is 0 Å². The summed E-state index contributed by atoms with van der Waals surface area (Å²) in [6.45, 7) is 10.6. The predicted octanol–water partition coefficient (Wildman–Crippen LogP) is 1.65. The molecule has 0 saturated carbocycles. The third kappa shape index (κ3) is 3.46. The van der Waals surface area contributed by atoms with Gasteiger partial charge in [0, 0.05) is 13.1 Å². The number of aromatic nitrogens is 1. The van der Waals surface area contributed by atoms with Gasteiger partial charge in [-0.1, -0.05) is 13.8 Å². The number of nitrogens with zero attached hydrogens (tertiary/aromatic N) is 2. The van der Waals surface area contributed by atoms with Crippen LogP contribution in [0.3, 0.4) is 0 Å². The Hall–Kier alpha value is -1.07. The van der Waals surface area contributed by atoms with Crippen molar-refractivity contribution in [1.29, 1.82) is 0 Å². The van der Waals surface area contributed by atoms with Gasteiger partial charge in [-0.15, -0.1) is 0 Å². The zero-order chi connectivity index (χ0) is 13.0. The molecule has 1 aromatic heterocycles. The van der Waals surface area contributed by atoms with Gasteiger partial charge in [0.25, 0.3) is 6.01 Å². The van der Waals surface area contributed by atoms with Crippen LogP contribution in [0.2, 0.25) is 0 Å². The Morgan fingerprint density at radius 2 is 2.39 bits per heavy atom. The lowest BCUT2D eigenvalue weighted by Gasteiger charge is -2.31. The van der Waals surface area contributed by atoms with Crippen molar-refractivity contribution in [2.24, 2.45) is 5.92 Å². The van der Waals surface area contributed by atoms with Crippen molar-refractivity contribution in [1.82, 2.24) is 10.3 Å².